The summed E-state index contributed by atoms with van der Waals surface area (Å²) in [4.78, 5) is 13.3. The Bertz CT molecular complexity index is 323. The summed E-state index contributed by atoms with van der Waals surface area (Å²) in [6.07, 6.45) is 3.61. The van der Waals surface area contributed by atoms with Gasteiger partial charge in [-0.1, -0.05) is 19.9 Å². The molecule has 16 heavy (non-hydrogen) atoms. The highest BCUT2D eigenvalue weighted by molar-refractivity contribution is 6.04. The zero-order chi connectivity index (χ0) is 12.7. The van der Waals surface area contributed by atoms with E-state index < -0.39 is 0 Å². The number of carbonyl (C=O) groups excluding carboxylic acids is 1. The van der Waals surface area contributed by atoms with Crippen LogP contribution in [0.2, 0.25) is 0 Å². The zero-order valence-electron chi connectivity index (χ0n) is 11.0. The van der Waals surface area contributed by atoms with Gasteiger partial charge in [-0.15, -0.1) is 5.10 Å². The minimum Gasteiger partial charge on any atom is -0.298 e. The van der Waals surface area contributed by atoms with Crippen molar-refractivity contribution in [1.29, 1.82) is 0 Å². The lowest BCUT2D eigenvalue weighted by atomic mass is 10.2. The first-order chi connectivity index (χ1) is 7.40. The minimum absolute atomic E-state index is 0.0285. The van der Waals surface area contributed by atoms with E-state index in [0.29, 0.717) is 5.84 Å². The molecule has 0 unspecified atom stereocenters. The van der Waals surface area contributed by atoms with Crippen LogP contribution in [0, 0.1) is 5.92 Å². The van der Waals surface area contributed by atoms with E-state index in [4.69, 9.17) is 0 Å². The van der Waals surface area contributed by atoms with E-state index >= 15 is 0 Å². The minimum atomic E-state index is -0.0489. The van der Waals surface area contributed by atoms with Crippen LogP contribution in [0.4, 0.5) is 0 Å². The molecule has 4 heteroatoms. The second-order valence-electron chi connectivity index (χ2n) is 4.06. The van der Waals surface area contributed by atoms with Crippen molar-refractivity contribution in [2.75, 3.05) is 7.05 Å². The topological polar surface area (TPSA) is 45.0 Å². The molecular formula is C12H21N3O. The average molecular weight is 223 g/mol. The van der Waals surface area contributed by atoms with Crippen LogP contribution in [0.5, 0.6) is 0 Å². The first-order valence-corrected chi connectivity index (χ1v) is 5.39. The van der Waals surface area contributed by atoms with Gasteiger partial charge in [0.1, 0.15) is 0 Å². The third-order valence-electron chi connectivity index (χ3n) is 1.84. The molecule has 0 atom stereocenters. The first-order valence-electron chi connectivity index (χ1n) is 5.39. The Morgan fingerprint density at radius 1 is 1.25 bits per heavy atom. The Labute approximate surface area is 97.7 Å². The zero-order valence-corrected chi connectivity index (χ0v) is 11.0. The predicted octanol–water partition coefficient (Wildman–Crippen LogP) is 2.47. The van der Waals surface area contributed by atoms with Gasteiger partial charge in [-0.05, 0) is 26.8 Å². The van der Waals surface area contributed by atoms with Crippen molar-refractivity contribution in [3.05, 3.63) is 12.2 Å². The maximum absolute atomic E-state index is 11.8. The molecule has 0 aliphatic heterocycles. The van der Waals surface area contributed by atoms with Gasteiger partial charge in [0.2, 0.25) is 5.91 Å². The molecule has 1 amide bonds. The summed E-state index contributed by atoms with van der Waals surface area (Å²) in [6, 6.07) is 0. The smallest absolute Gasteiger partial charge is 0.230 e. The molecule has 0 rings (SSSR count). The van der Waals surface area contributed by atoms with Crippen LogP contribution in [0.3, 0.4) is 0 Å². The Morgan fingerprint density at radius 3 is 2.19 bits per heavy atom. The summed E-state index contributed by atoms with van der Waals surface area (Å²) < 4.78 is 0. The highest BCUT2D eigenvalue weighted by atomic mass is 16.2. The van der Waals surface area contributed by atoms with Crippen LogP contribution in [-0.4, -0.2) is 29.4 Å². The summed E-state index contributed by atoms with van der Waals surface area (Å²) in [7, 11) is 1.71. The van der Waals surface area contributed by atoms with Crippen LogP contribution in [0.1, 0.15) is 34.6 Å². The van der Waals surface area contributed by atoms with E-state index in [1.54, 1.807) is 13.1 Å². The monoisotopic (exact) mass is 223 g/mol. The van der Waals surface area contributed by atoms with Gasteiger partial charge in [0, 0.05) is 18.7 Å². The first kappa shape index (κ1) is 14.6. The van der Waals surface area contributed by atoms with Gasteiger partial charge in [0.25, 0.3) is 0 Å². The number of hydrogen-bond donors (Lipinski definition) is 0. The highest BCUT2D eigenvalue weighted by Gasteiger charge is 2.16. The number of carbonyl (C=O) groups is 1. The lowest BCUT2D eigenvalue weighted by Gasteiger charge is -2.18. The molecule has 0 aromatic heterocycles. The second-order valence-corrected chi connectivity index (χ2v) is 4.06. The van der Waals surface area contributed by atoms with E-state index in [1.165, 1.54) is 4.90 Å². The Kier molecular flexibility index (Phi) is 6.30. The average Bonchev–Trinajstić information content (AvgIpc) is 2.21. The van der Waals surface area contributed by atoms with Gasteiger partial charge < -0.3 is 0 Å². The van der Waals surface area contributed by atoms with Crippen molar-refractivity contribution in [1.82, 2.24) is 4.90 Å². The normalized spacial score (nSPS) is 12.1. The molecule has 0 aromatic carbocycles. The fraction of sp³-hybridized carbons (Fsp3) is 0.583. The highest BCUT2D eigenvalue weighted by Crippen LogP contribution is 2.02. The largest absolute Gasteiger partial charge is 0.298 e. The number of likely N-dealkylation sites (N-methyl/N-ethyl adjacent to an activating group) is 1. The lowest BCUT2D eigenvalue weighted by molar-refractivity contribution is -0.129. The number of amidine groups is 1. The number of rotatable bonds is 3. The van der Waals surface area contributed by atoms with Gasteiger partial charge in [0.05, 0.1) is 0 Å². The van der Waals surface area contributed by atoms with Gasteiger partial charge in [-0.2, -0.15) is 5.10 Å². The van der Waals surface area contributed by atoms with E-state index in [0.717, 1.165) is 5.71 Å². The molecule has 0 radical (unpaired) electrons. The molecule has 0 aliphatic carbocycles. The molecule has 90 valence electrons. The standard InChI is InChI=1S/C12H21N3O/c1-7-8-11(14-13-10(4)5)15(6)12(16)9(2)3/h7-9H,1-6H3/b8-7-,14-11+. The molecule has 0 saturated heterocycles. The van der Waals surface area contributed by atoms with Crippen molar-refractivity contribution in [2.45, 2.75) is 34.6 Å². The van der Waals surface area contributed by atoms with Gasteiger partial charge in [-0.3, -0.25) is 9.69 Å². The third-order valence-corrected chi connectivity index (χ3v) is 1.84. The van der Waals surface area contributed by atoms with Crippen LogP contribution in [0.25, 0.3) is 0 Å². The van der Waals surface area contributed by atoms with E-state index in [2.05, 4.69) is 10.2 Å². The molecule has 0 heterocycles. The quantitative estimate of drug-likeness (QED) is 0.412. The van der Waals surface area contributed by atoms with Crippen molar-refractivity contribution in [3.8, 4) is 0 Å². The van der Waals surface area contributed by atoms with Crippen molar-refractivity contribution < 1.29 is 4.79 Å². The molecular weight excluding hydrogens is 202 g/mol. The van der Waals surface area contributed by atoms with E-state index in [9.17, 15) is 4.79 Å². The summed E-state index contributed by atoms with van der Waals surface area (Å²) in [5.74, 6) is 0.537. The van der Waals surface area contributed by atoms with Crippen LogP contribution in [-0.2, 0) is 4.79 Å². The maximum atomic E-state index is 11.8. The van der Waals surface area contributed by atoms with Crippen LogP contribution in [0.15, 0.2) is 22.4 Å². The Morgan fingerprint density at radius 2 is 1.81 bits per heavy atom. The molecule has 0 bridgehead atoms. The van der Waals surface area contributed by atoms with Gasteiger partial charge in [0.15, 0.2) is 5.84 Å². The molecule has 0 fully saturated rings. The number of nitrogens with zero attached hydrogens (tertiary/aromatic N) is 3. The summed E-state index contributed by atoms with van der Waals surface area (Å²) in [5, 5.41) is 8.01. The Hall–Kier alpha value is -1.45. The molecule has 4 nitrogen and oxygen atoms in total. The lowest BCUT2D eigenvalue weighted by Crippen LogP contribution is -2.35. The van der Waals surface area contributed by atoms with E-state index in [1.807, 2.05) is 40.7 Å². The summed E-state index contributed by atoms with van der Waals surface area (Å²) >= 11 is 0. The molecule has 0 aliphatic rings. The van der Waals surface area contributed by atoms with Crippen LogP contribution >= 0.6 is 0 Å². The third kappa shape index (κ3) is 4.87. The number of allylic oxidation sites excluding steroid dienone is 1. The summed E-state index contributed by atoms with van der Waals surface area (Å²) in [6.45, 7) is 9.33. The van der Waals surface area contributed by atoms with Crippen LogP contribution < -0.4 is 0 Å². The number of amides is 1. The molecule has 0 saturated carbocycles. The number of hydrogen-bond acceptors (Lipinski definition) is 3. The molecule has 0 N–H and O–H groups in total. The van der Waals surface area contributed by atoms with Crippen molar-refractivity contribution >= 4 is 17.5 Å². The fourth-order valence-corrected chi connectivity index (χ4v) is 1.01. The van der Waals surface area contributed by atoms with Crippen molar-refractivity contribution in [2.24, 2.45) is 16.1 Å². The predicted molar refractivity (Wildman–Crippen MR) is 68.6 cm³/mol. The van der Waals surface area contributed by atoms with E-state index in [-0.39, 0.29) is 11.8 Å². The maximum Gasteiger partial charge on any atom is 0.230 e. The summed E-state index contributed by atoms with van der Waals surface area (Å²) in [5.41, 5.74) is 0.854. The molecule has 0 spiro atoms. The van der Waals surface area contributed by atoms with Gasteiger partial charge >= 0.3 is 0 Å². The fourth-order valence-electron chi connectivity index (χ4n) is 1.01. The second kappa shape index (κ2) is 6.93. The molecule has 0 aromatic rings. The Balaban J connectivity index is 5.00. The van der Waals surface area contributed by atoms with Crippen molar-refractivity contribution in [3.63, 3.8) is 0 Å². The van der Waals surface area contributed by atoms with Gasteiger partial charge in [-0.25, -0.2) is 0 Å². The SMILES string of the molecule is C/C=C\C(=N/N=C(C)C)N(C)C(=O)C(C)C.